The zero-order valence-electron chi connectivity index (χ0n) is 41.8. The Morgan fingerprint density at radius 3 is 1.00 bits per heavy atom. The third-order valence-electron chi connectivity index (χ3n) is 11.8. The van der Waals surface area contributed by atoms with Gasteiger partial charge in [-0.3, -0.25) is 14.4 Å². The van der Waals surface area contributed by atoms with E-state index in [0.29, 0.717) is 19.3 Å². The van der Waals surface area contributed by atoms with Crippen LogP contribution in [0.2, 0.25) is 0 Å². The summed E-state index contributed by atoms with van der Waals surface area (Å²) in [6, 6.07) is 0. The van der Waals surface area contributed by atoms with Crippen LogP contribution in [0.15, 0.2) is 48.6 Å². The highest BCUT2D eigenvalue weighted by Gasteiger charge is 2.19. The first kappa shape index (κ1) is 60.4. The van der Waals surface area contributed by atoms with E-state index in [1.54, 1.807) is 0 Å². The zero-order valence-corrected chi connectivity index (χ0v) is 41.8. The highest BCUT2D eigenvalue weighted by Crippen LogP contribution is 2.16. The first-order valence-electron chi connectivity index (χ1n) is 27.1. The maximum atomic E-state index is 12.8. The molecule has 0 fully saturated rings. The second kappa shape index (κ2) is 52.0. The second-order valence-corrected chi connectivity index (χ2v) is 18.1. The van der Waals surface area contributed by atoms with Crippen molar-refractivity contribution in [3.05, 3.63) is 48.6 Å². The maximum Gasteiger partial charge on any atom is 0.306 e. The SMILES string of the molecule is CC/C=C\C/C=C\C/C=C\CCCCCCCC(=O)OC[C@H](COC(=O)CCCCCCCCCCCCCCCCCCC)OC(=O)CCCCCCC/C=C\CCCCCC. The molecule has 0 aliphatic carbocycles. The van der Waals surface area contributed by atoms with Crippen LogP contribution in [0, 0.1) is 0 Å². The fourth-order valence-corrected chi connectivity index (χ4v) is 7.75. The molecule has 0 rings (SSSR count). The van der Waals surface area contributed by atoms with Gasteiger partial charge in [0, 0.05) is 19.3 Å². The van der Waals surface area contributed by atoms with Gasteiger partial charge >= 0.3 is 17.9 Å². The summed E-state index contributed by atoms with van der Waals surface area (Å²) in [5.41, 5.74) is 0. The number of carbonyl (C=O) groups excluding carboxylic acids is 3. The monoisotopic (exact) mass is 883 g/mol. The van der Waals surface area contributed by atoms with Gasteiger partial charge in [-0.05, 0) is 77.0 Å². The molecular weight excluding hydrogens is 781 g/mol. The maximum absolute atomic E-state index is 12.8. The lowest BCUT2D eigenvalue weighted by atomic mass is 10.0. The van der Waals surface area contributed by atoms with E-state index in [2.05, 4.69) is 69.4 Å². The van der Waals surface area contributed by atoms with Crippen LogP contribution in [-0.2, 0) is 28.6 Å². The Labute approximate surface area is 390 Å². The number of allylic oxidation sites excluding steroid dienone is 8. The van der Waals surface area contributed by atoms with Crippen LogP contribution in [0.4, 0.5) is 0 Å². The molecule has 0 N–H and O–H groups in total. The van der Waals surface area contributed by atoms with Gasteiger partial charge in [0.1, 0.15) is 13.2 Å². The van der Waals surface area contributed by atoms with E-state index in [1.165, 1.54) is 128 Å². The van der Waals surface area contributed by atoms with E-state index in [-0.39, 0.29) is 31.1 Å². The third-order valence-corrected chi connectivity index (χ3v) is 11.8. The van der Waals surface area contributed by atoms with Crippen LogP contribution in [0.25, 0.3) is 0 Å². The molecule has 0 saturated carbocycles. The van der Waals surface area contributed by atoms with Crippen molar-refractivity contribution in [3.63, 3.8) is 0 Å². The Kier molecular flexibility index (Phi) is 49.8. The van der Waals surface area contributed by atoms with Crippen molar-refractivity contribution in [2.24, 2.45) is 0 Å². The van der Waals surface area contributed by atoms with Crippen LogP contribution >= 0.6 is 0 Å². The van der Waals surface area contributed by atoms with E-state index >= 15 is 0 Å². The Morgan fingerprint density at radius 2 is 0.619 bits per heavy atom. The molecule has 6 nitrogen and oxygen atoms in total. The summed E-state index contributed by atoms with van der Waals surface area (Å²) in [5.74, 6) is -0.895. The zero-order chi connectivity index (χ0) is 45.8. The molecule has 366 valence electrons. The van der Waals surface area contributed by atoms with Gasteiger partial charge in [0.15, 0.2) is 6.10 Å². The molecule has 0 amide bonds. The topological polar surface area (TPSA) is 78.9 Å². The van der Waals surface area contributed by atoms with Gasteiger partial charge in [0.25, 0.3) is 0 Å². The number of carbonyl (C=O) groups is 3. The normalized spacial score (nSPS) is 12.4. The standard InChI is InChI=1S/C57H102O6/c1-4-7-10-13-16-19-22-25-27-28-30-33-35-38-41-44-47-50-56(59)62-53-54(63-57(60)51-48-45-42-39-36-31-24-21-18-15-12-9-6-3)52-61-55(58)49-46-43-40-37-34-32-29-26-23-20-17-14-11-8-5-2/h8,11,17,20-21,24,26,29,54H,4-7,9-10,12-16,18-19,22-23,25,27-28,30-53H2,1-3H3/b11-8-,20-17-,24-21-,29-26-/t54-/m1/s1. The number of ether oxygens (including phenoxy) is 3. The molecule has 0 aromatic heterocycles. The van der Waals surface area contributed by atoms with Crippen molar-refractivity contribution in [1.82, 2.24) is 0 Å². The quantitative estimate of drug-likeness (QED) is 0.0262. The number of hydrogen-bond donors (Lipinski definition) is 0. The smallest absolute Gasteiger partial charge is 0.306 e. The predicted octanol–water partition coefficient (Wildman–Crippen LogP) is 17.9. The fourth-order valence-electron chi connectivity index (χ4n) is 7.75. The van der Waals surface area contributed by atoms with Crippen molar-refractivity contribution in [2.75, 3.05) is 13.2 Å². The largest absolute Gasteiger partial charge is 0.462 e. The summed E-state index contributed by atoms with van der Waals surface area (Å²) in [5, 5.41) is 0. The summed E-state index contributed by atoms with van der Waals surface area (Å²) >= 11 is 0. The minimum atomic E-state index is -0.781. The van der Waals surface area contributed by atoms with Gasteiger partial charge < -0.3 is 14.2 Å². The number of hydrogen-bond acceptors (Lipinski definition) is 6. The first-order valence-corrected chi connectivity index (χ1v) is 27.1. The third kappa shape index (κ3) is 50.2. The molecule has 0 aliphatic rings. The molecule has 0 aliphatic heterocycles. The summed E-state index contributed by atoms with van der Waals surface area (Å²) < 4.78 is 16.8. The van der Waals surface area contributed by atoms with Gasteiger partial charge in [-0.25, -0.2) is 0 Å². The Balaban J connectivity index is 4.36. The van der Waals surface area contributed by atoms with Crippen LogP contribution in [0.3, 0.4) is 0 Å². The van der Waals surface area contributed by atoms with E-state index in [1.807, 2.05) is 0 Å². The minimum Gasteiger partial charge on any atom is -0.462 e. The van der Waals surface area contributed by atoms with Crippen molar-refractivity contribution < 1.29 is 28.6 Å². The van der Waals surface area contributed by atoms with Gasteiger partial charge in [-0.2, -0.15) is 0 Å². The summed E-state index contributed by atoms with van der Waals surface area (Å²) in [6.45, 7) is 6.52. The van der Waals surface area contributed by atoms with Crippen molar-refractivity contribution >= 4 is 17.9 Å². The van der Waals surface area contributed by atoms with Gasteiger partial charge in [-0.1, -0.05) is 230 Å². The van der Waals surface area contributed by atoms with Crippen LogP contribution < -0.4 is 0 Å². The Morgan fingerprint density at radius 1 is 0.333 bits per heavy atom. The average molecular weight is 883 g/mol. The summed E-state index contributed by atoms with van der Waals surface area (Å²) in [7, 11) is 0. The highest BCUT2D eigenvalue weighted by molar-refractivity contribution is 5.71. The molecule has 1 atom stereocenters. The molecule has 63 heavy (non-hydrogen) atoms. The molecule has 0 unspecified atom stereocenters. The van der Waals surface area contributed by atoms with Gasteiger partial charge in [0.2, 0.25) is 0 Å². The average Bonchev–Trinajstić information content (AvgIpc) is 3.28. The molecule has 0 heterocycles. The first-order chi connectivity index (χ1) is 31.0. The fraction of sp³-hybridized carbons (Fsp3) is 0.807. The molecule has 6 heteroatoms. The summed E-state index contributed by atoms with van der Waals surface area (Å²) in [6.07, 6.45) is 62.4. The van der Waals surface area contributed by atoms with Crippen molar-refractivity contribution in [1.29, 1.82) is 0 Å². The lowest BCUT2D eigenvalue weighted by Gasteiger charge is -2.18. The number of unbranched alkanes of at least 4 members (excludes halogenated alkanes) is 30. The lowest BCUT2D eigenvalue weighted by molar-refractivity contribution is -0.167. The second-order valence-electron chi connectivity index (χ2n) is 18.1. The molecule has 0 bridgehead atoms. The van der Waals surface area contributed by atoms with Gasteiger partial charge in [-0.15, -0.1) is 0 Å². The van der Waals surface area contributed by atoms with Crippen LogP contribution in [-0.4, -0.2) is 37.2 Å². The Hall–Kier alpha value is -2.63. The van der Waals surface area contributed by atoms with Crippen LogP contribution in [0.1, 0.15) is 278 Å². The Bertz CT molecular complexity index is 1110. The minimum absolute atomic E-state index is 0.0794. The number of esters is 3. The van der Waals surface area contributed by atoms with Crippen molar-refractivity contribution in [3.8, 4) is 0 Å². The summed E-state index contributed by atoms with van der Waals surface area (Å²) in [4.78, 5) is 38.0. The number of rotatable bonds is 49. The van der Waals surface area contributed by atoms with Crippen LogP contribution in [0.5, 0.6) is 0 Å². The van der Waals surface area contributed by atoms with Gasteiger partial charge in [0.05, 0.1) is 0 Å². The molecule has 0 saturated heterocycles. The van der Waals surface area contributed by atoms with E-state index in [4.69, 9.17) is 14.2 Å². The predicted molar refractivity (Wildman–Crippen MR) is 270 cm³/mol. The molecule has 0 aromatic carbocycles. The van der Waals surface area contributed by atoms with Crippen molar-refractivity contribution in [2.45, 2.75) is 284 Å². The molecule has 0 aromatic rings. The highest BCUT2D eigenvalue weighted by atomic mass is 16.6. The molecule has 0 spiro atoms. The molecular formula is C57H102O6. The van der Waals surface area contributed by atoms with E-state index in [9.17, 15) is 14.4 Å². The lowest BCUT2D eigenvalue weighted by Crippen LogP contribution is -2.30. The van der Waals surface area contributed by atoms with E-state index in [0.717, 1.165) is 109 Å². The van der Waals surface area contributed by atoms with E-state index < -0.39 is 6.10 Å². The molecule has 0 radical (unpaired) electrons.